The normalized spacial score (nSPS) is 13.0. The van der Waals surface area contributed by atoms with Crippen LogP contribution in [-0.2, 0) is 11.2 Å². The summed E-state index contributed by atoms with van der Waals surface area (Å²) in [6.07, 6.45) is 4.43. The Hall–Kier alpha value is -2.37. The van der Waals surface area contributed by atoms with Gasteiger partial charge in [-0.25, -0.2) is 0 Å². The van der Waals surface area contributed by atoms with E-state index in [4.69, 9.17) is 16.3 Å². The minimum Gasteiger partial charge on any atom is -0.482 e. The average Bonchev–Trinajstić information content (AvgIpc) is 2.71. The second kappa shape index (κ2) is 10.4. The number of rotatable bonds is 10. The lowest BCUT2D eigenvalue weighted by atomic mass is 10.0. The zero-order valence-corrected chi connectivity index (χ0v) is 17.5. The van der Waals surface area contributed by atoms with E-state index in [9.17, 15) is 9.59 Å². The minimum absolute atomic E-state index is 0.0217. The molecule has 154 valence electrons. The van der Waals surface area contributed by atoms with Crippen molar-refractivity contribution in [3.05, 3.63) is 58.6 Å². The van der Waals surface area contributed by atoms with Gasteiger partial charge in [-0.3, -0.25) is 9.59 Å². The highest BCUT2D eigenvalue weighted by atomic mass is 35.5. The molecule has 3 rings (SSSR count). The molecule has 0 aromatic heterocycles. The van der Waals surface area contributed by atoms with Gasteiger partial charge in [0.2, 0.25) is 0 Å². The van der Waals surface area contributed by atoms with E-state index in [-0.39, 0.29) is 18.3 Å². The molecule has 1 amide bonds. The molecule has 0 saturated carbocycles. The minimum atomic E-state index is -0.193. The van der Waals surface area contributed by atoms with E-state index in [1.807, 2.05) is 18.2 Å². The van der Waals surface area contributed by atoms with Gasteiger partial charge in [-0.15, -0.1) is 0 Å². The maximum Gasteiger partial charge on any atom is 0.262 e. The van der Waals surface area contributed by atoms with Crippen molar-refractivity contribution < 1.29 is 14.3 Å². The Morgan fingerprint density at radius 3 is 2.83 bits per heavy atom. The van der Waals surface area contributed by atoms with Crippen molar-refractivity contribution in [1.82, 2.24) is 4.90 Å². The zero-order chi connectivity index (χ0) is 20.6. The zero-order valence-electron chi connectivity index (χ0n) is 16.7. The molecule has 0 saturated heterocycles. The summed E-state index contributed by atoms with van der Waals surface area (Å²) in [5.74, 6) is 0.519. The van der Waals surface area contributed by atoms with Crippen LogP contribution in [0.15, 0.2) is 42.5 Å². The highest BCUT2D eigenvalue weighted by Gasteiger charge is 2.17. The fourth-order valence-electron chi connectivity index (χ4n) is 3.37. The van der Waals surface area contributed by atoms with Gasteiger partial charge in [-0.05, 0) is 68.8 Å². The van der Waals surface area contributed by atoms with Crippen LogP contribution < -0.4 is 10.1 Å². The van der Waals surface area contributed by atoms with E-state index in [1.54, 1.807) is 18.2 Å². The van der Waals surface area contributed by atoms with Crippen molar-refractivity contribution in [2.24, 2.45) is 0 Å². The van der Waals surface area contributed by atoms with Gasteiger partial charge in [0.1, 0.15) is 5.75 Å². The van der Waals surface area contributed by atoms with E-state index in [0.717, 1.165) is 43.8 Å². The van der Waals surface area contributed by atoms with Gasteiger partial charge in [0.25, 0.3) is 5.91 Å². The van der Waals surface area contributed by atoms with Gasteiger partial charge in [0, 0.05) is 23.6 Å². The first-order chi connectivity index (χ1) is 14.0. The largest absolute Gasteiger partial charge is 0.482 e. The number of halogens is 1. The molecule has 1 aliphatic heterocycles. The summed E-state index contributed by atoms with van der Waals surface area (Å²) in [7, 11) is 2.12. The van der Waals surface area contributed by atoms with Crippen LogP contribution in [0.1, 0.15) is 41.6 Å². The first-order valence-corrected chi connectivity index (χ1v) is 10.4. The van der Waals surface area contributed by atoms with Crippen LogP contribution in [0.3, 0.4) is 0 Å². The van der Waals surface area contributed by atoms with E-state index < -0.39 is 0 Å². The molecule has 5 nitrogen and oxygen atoms in total. The molecule has 2 aromatic rings. The third-order valence-corrected chi connectivity index (χ3v) is 5.28. The number of carbonyl (C=O) groups is 2. The van der Waals surface area contributed by atoms with Gasteiger partial charge in [-0.2, -0.15) is 0 Å². The standard InChI is InChI=1S/C23H27ClN2O3/c1-26(13-11-17-6-5-7-19(24)14-17)12-4-2-3-8-21(27)18-9-10-22-20(15-18)25-23(28)16-29-22/h5-7,9-10,14-15H,2-4,8,11-13,16H2,1H3,(H,25,28). The van der Waals surface area contributed by atoms with Crippen molar-refractivity contribution in [3.63, 3.8) is 0 Å². The smallest absolute Gasteiger partial charge is 0.262 e. The monoisotopic (exact) mass is 414 g/mol. The Bertz CT molecular complexity index is 869. The molecular weight excluding hydrogens is 388 g/mol. The molecule has 1 aliphatic rings. The fourth-order valence-corrected chi connectivity index (χ4v) is 3.58. The molecule has 0 spiro atoms. The molecule has 0 fully saturated rings. The number of nitrogens with one attached hydrogen (secondary N) is 1. The van der Waals surface area contributed by atoms with Crippen molar-refractivity contribution in [1.29, 1.82) is 0 Å². The number of ketones is 1. The summed E-state index contributed by atoms with van der Waals surface area (Å²) in [4.78, 5) is 26.2. The van der Waals surface area contributed by atoms with Crippen molar-refractivity contribution in [2.45, 2.75) is 32.1 Å². The van der Waals surface area contributed by atoms with Gasteiger partial charge in [-0.1, -0.05) is 30.2 Å². The summed E-state index contributed by atoms with van der Waals surface area (Å²) >= 11 is 6.02. The van der Waals surface area contributed by atoms with Crippen molar-refractivity contribution >= 4 is 29.0 Å². The number of hydrogen-bond donors (Lipinski definition) is 1. The molecule has 0 atom stereocenters. The number of likely N-dealkylation sites (N-methyl/N-ethyl adjacent to an activating group) is 1. The SMILES string of the molecule is CN(CCCCCC(=O)c1ccc2c(c1)NC(=O)CO2)CCc1cccc(Cl)c1. The highest BCUT2D eigenvalue weighted by Crippen LogP contribution is 2.29. The van der Waals surface area contributed by atoms with Crippen LogP contribution in [0.25, 0.3) is 0 Å². The second-order valence-corrected chi connectivity index (χ2v) is 7.90. The van der Waals surface area contributed by atoms with Crippen LogP contribution in [-0.4, -0.2) is 43.3 Å². The number of carbonyl (C=O) groups excluding carboxylic acids is 2. The van der Waals surface area contributed by atoms with Gasteiger partial charge < -0.3 is 15.0 Å². The van der Waals surface area contributed by atoms with Crippen LogP contribution in [0.2, 0.25) is 5.02 Å². The maximum absolute atomic E-state index is 12.4. The Balaban J connectivity index is 1.33. The van der Waals surface area contributed by atoms with E-state index in [0.29, 0.717) is 23.4 Å². The van der Waals surface area contributed by atoms with Crippen LogP contribution in [0, 0.1) is 0 Å². The first kappa shape index (κ1) is 21.3. The number of benzene rings is 2. The maximum atomic E-state index is 12.4. The number of amides is 1. The number of anilines is 1. The highest BCUT2D eigenvalue weighted by molar-refractivity contribution is 6.30. The summed E-state index contributed by atoms with van der Waals surface area (Å²) in [6.45, 7) is 2.02. The predicted octanol–water partition coefficient (Wildman–Crippen LogP) is 4.59. The van der Waals surface area contributed by atoms with Gasteiger partial charge >= 0.3 is 0 Å². The Labute approximate surface area is 177 Å². The summed E-state index contributed by atoms with van der Waals surface area (Å²) < 4.78 is 5.33. The molecule has 2 aromatic carbocycles. The van der Waals surface area contributed by atoms with Crippen LogP contribution in [0.5, 0.6) is 5.75 Å². The van der Waals surface area contributed by atoms with E-state index in [1.165, 1.54) is 5.56 Å². The summed E-state index contributed by atoms with van der Waals surface area (Å²) in [5, 5.41) is 3.52. The second-order valence-electron chi connectivity index (χ2n) is 7.46. The first-order valence-electron chi connectivity index (χ1n) is 10.0. The third-order valence-electron chi connectivity index (χ3n) is 5.05. The topological polar surface area (TPSA) is 58.6 Å². The molecule has 0 radical (unpaired) electrons. The van der Waals surface area contributed by atoms with Crippen molar-refractivity contribution in [3.8, 4) is 5.75 Å². The quantitative estimate of drug-likeness (QED) is 0.456. The molecule has 0 bridgehead atoms. The lowest BCUT2D eigenvalue weighted by Crippen LogP contribution is -2.25. The van der Waals surface area contributed by atoms with Crippen LogP contribution >= 0.6 is 11.6 Å². The number of Topliss-reactive ketones (excluding diaryl/α,β-unsaturated/α-hetero) is 1. The summed E-state index contributed by atoms with van der Waals surface area (Å²) in [5.41, 5.74) is 2.45. The van der Waals surface area contributed by atoms with Gasteiger partial charge in [0.05, 0.1) is 5.69 Å². The number of unbranched alkanes of at least 4 members (excludes halogenated alkanes) is 2. The van der Waals surface area contributed by atoms with E-state index >= 15 is 0 Å². The lowest BCUT2D eigenvalue weighted by Gasteiger charge is -2.18. The average molecular weight is 415 g/mol. The molecule has 1 heterocycles. The number of ether oxygens (including phenoxy) is 1. The number of nitrogens with zero attached hydrogens (tertiary/aromatic N) is 1. The Kier molecular flexibility index (Phi) is 7.67. The third kappa shape index (κ3) is 6.58. The molecule has 1 N–H and O–H groups in total. The molecule has 0 aliphatic carbocycles. The number of hydrogen-bond acceptors (Lipinski definition) is 4. The Morgan fingerprint density at radius 1 is 1.14 bits per heavy atom. The van der Waals surface area contributed by atoms with E-state index in [2.05, 4.69) is 23.3 Å². The molecule has 29 heavy (non-hydrogen) atoms. The van der Waals surface area contributed by atoms with Crippen LogP contribution in [0.4, 0.5) is 5.69 Å². The molecule has 0 unspecified atom stereocenters. The molecular formula is C23H27ClN2O3. The van der Waals surface area contributed by atoms with Gasteiger partial charge in [0.15, 0.2) is 12.4 Å². The Morgan fingerprint density at radius 2 is 2.00 bits per heavy atom. The summed E-state index contributed by atoms with van der Waals surface area (Å²) in [6, 6.07) is 13.2. The lowest BCUT2D eigenvalue weighted by molar-refractivity contribution is -0.118. The fraction of sp³-hybridized carbons (Fsp3) is 0.391. The number of fused-ring (bicyclic) bond motifs is 1. The van der Waals surface area contributed by atoms with Crippen molar-refractivity contribution in [2.75, 3.05) is 32.1 Å². The molecule has 6 heteroatoms. The predicted molar refractivity (Wildman–Crippen MR) is 116 cm³/mol.